The number of carbonyl (C=O) groups is 2. The minimum Gasteiger partial charge on any atom is -0.469 e. The van der Waals surface area contributed by atoms with E-state index >= 15 is 0 Å². The molecule has 0 saturated carbocycles. The average molecular weight is 217 g/mol. The van der Waals surface area contributed by atoms with Crippen molar-refractivity contribution in [3.8, 4) is 0 Å². The highest BCUT2D eigenvalue weighted by Gasteiger charge is 2.20. The molecule has 0 aromatic carbocycles. The maximum atomic E-state index is 11.3. The normalized spacial score (nSPS) is 12.3. The average Bonchev–Trinajstić information content (AvgIpc) is 2.21. The Morgan fingerprint density at radius 1 is 1.20 bits per heavy atom. The number of methoxy groups -OCH3 is 2. The molecule has 1 atom stereocenters. The van der Waals surface area contributed by atoms with E-state index in [0.717, 1.165) is 0 Å². The van der Waals surface area contributed by atoms with Gasteiger partial charge in [-0.1, -0.05) is 13.8 Å². The predicted octanol–water partition coefficient (Wildman–Crippen LogP) is 0.479. The number of ether oxygens (including phenoxy) is 2. The van der Waals surface area contributed by atoms with E-state index in [4.69, 9.17) is 0 Å². The van der Waals surface area contributed by atoms with Gasteiger partial charge in [-0.2, -0.15) is 0 Å². The molecule has 1 unspecified atom stereocenters. The summed E-state index contributed by atoms with van der Waals surface area (Å²) in [6, 6.07) is -0.291. The lowest BCUT2D eigenvalue weighted by Gasteiger charge is -2.18. The Hall–Kier alpha value is -1.10. The van der Waals surface area contributed by atoms with Crippen molar-refractivity contribution in [1.29, 1.82) is 0 Å². The predicted molar refractivity (Wildman–Crippen MR) is 55.3 cm³/mol. The van der Waals surface area contributed by atoms with E-state index in [1.807, 2.05) is 13.8 Å². The fourth-order valence-corrected chi connectivity index (χ4v) is 1.18. The molecule has 0 aromatic rings. The van der Waals surface area contributed by atoms with E-state index in [2.05, 4.69) is 14.8 Å². The summed E-state index contributed by atoms with van der Waals surface area (Å²) in [5.74, 6) is -0.679. The topological polar surface area (TPSA) is 64.6 Å². The van der Waals surface area contributed by atoms with Crippen LogP contribution in [0.5, 0.6) is 0 Å². The molecule has 88 valence electrons. The Morgan fingerprint density at radius 3 is 2.20 bits per heavy atom. The zero-order chi connectivity index (χ0) is 11.8. The van der Waals surface area contributed by atoms with Gasteiger partial charge < -0.3 is 14.8 Å². The second kappa shape index (κ2) is 7.23. The smallest absolute Gasteiger partial charge is 0.322 e. The number of hydrogen-bond acceptors (Lipinski definition) is 5. The second-order valence-corrected chi connectivity index (χ2v) is 3.51. The van der Waals surface area contributed by atoms with E-state index in [1.165, 1.54) is 14.2 Å². The molecule has 15 heavy (non-hydrogen) atoms. The Bertz CT molecular complexity index is 215. The number of carbonyl (C=O) groups excluding carboxylic acids is 2. The maximum absolute atomic E-state index is 11.3. The molecule has 0 rings (SSSR count). The Morgan fingerprint density at radius 2 is 1.80 bits per heavy atom. The van der Waals surface area contributed by atoms with Crippen molar-refractivity contribution >= 4 is 11.9 Å². The Labute approximate surface area is 90.1 Å². The second-order valence-electron chi connectivity index (χ2n) is 3.51. The largest absolute Gasteiger partial charge is 0.469 e. The van der Waals surface area contributed by atoms with Crippen molar-refractivity contribution in [2.45, 2.75) is 38.8 Å². The van der Waals surface area contributed by atoms with Gasteiger partial charge in [0.1, 0.15) is 6.04 Å². The molecule has 0 saturated heterocycles. The van der Waals surface area contributed by atoms with E-state index in [0.29, 0.717) is 6.42 Å². The molecular weight excluding hydrogens is 198 g/mol. The molecular formula is C10H19NO4. The van der Waals surface area contributed by atoms with Crippen LogP contribution in [0.3, 0.4) is 0 Å². The third kappa shape index (κ3) is 6.06. The zero-order valence-electron chi connectivity index (χ0n) is 9.70. The van der Waals surface area contributed by atoms with E-state index < -0.39 is 6.04 Å². The third-order valence-corrected chi connectivity index (χ3v) is 1.89. The van der Waals surface area contributed by atoms with E-state index in [-0.39, 0.29) is 24.4 Å². The summed E-state index contributed by atoms with van der Waals surface area (Å²) >= 11 is 0. The minimum atomic E-state index is -0.450. The molecule has 0 spiro atoms. The van der Waals surface area contributed by atoms with Gasteiger partial charge in [0.15, 0.2) is 0 Å². The first-order valence-corrected chi connectivity index (χ1v) is 4.92. The first-order chi connectivity index (χ1) is 7.01. The number of hydrogen-bond donors (Lipinski definition) is 1. The minimum absolute atomic E-state index is 0.159. The quantitative estimate of drug-likeness (QED) is 0.655. The summed E-state index contributed by atoms with van der Waals surface area (Å²) in [4.78, 5) is 22.2. The lowest BCUT2D eigenvalue weighted by molar-refractivity contribution is -0.144. The fraction of sp³-hybridized carbons (Fsp3) is 0.800. The molecule has 0 amide bonds. The highest BCUT2D eigenvalue weighted by atomic mass is 16.5. The monoisotopic (exact) mass is 217 g/mol. The summed E-state index contributed by atoms with van der Waals surface area (Å²) in [5, 5.41) is 3.03. The zero-order valence-corrected chi connectivity index (χ0v) is 9.70. The summed E-state index contributed by atoms with van der Waals surface area (Å²) in [7, 11) is 2.65. The molecule has 0 radical (unpaired) electrons. The lowest BCUT2D eigenvalue weighted by atomic mass is 10.1. The van der Waals surface area contributed by atoms with Crippen LogP contribution in [-0.2, 0) is 19.1 Å². The molecule has 1 N–H and O–H groups in total. The third-order valence-electron chi connectivity index (χ3n) is 1.89. The van der Waals surface area contributed by atoms with Crippen LogP contribution in [0.1, 0.15) is 26.7 Å². The van der Waals surface area contributed by atoms with Crippen molar-refractivity contribution in [1.82, 2.24) is 5.32 Å². The van der Waals surface area contributed by atoms with Gasteiger partial charge >= 0.3 is 11.9 Å². The van der Waals surface area contributed by atoms with Gasteiger partial charge in [0.05, 0.1) is 14.2 Å². The van der Waals surface area contributed by atoms with Gasteiger partial charge in [-0.25, -0.2) is 0 Å². The summed E-state index contributed by atoms with van der Waals surface area (Å²) in [6.45, 7) is 3.85. The molecule has 0 aromatic heterocycles. The van der Waals surface area contributed by atoms with Gasteiger partial charge in [0.25, 0.3) is 0 Å². The lowest BCUT2D eigenvalue weighted by Crippen LogP contribution is -2.41. The van der Waals surface area contributed by atoms with Crippen LogP contribution < -0.4 is 5.32 Å². The molecule has 0 aliphatic rings. The Kier molecular flexibility index (Phi) is 6.70. The van der Waals surface area contributed by atoms with Crippen molar-refractivity contribution < 1.29 is 19.1 Å². The van der Waals surface area contributed by atoms with Crippen LogP contribution in [-0.4, -0.2) is 38.2 Å². The van der Waals surface area contributed by atoms with Crippen LogP contribution in [0, 0.1) is 0 Å². The van der Waals surface area contributed by atoms with E-state index in [9.17, 15) is 9.59 Å². The van der Waals surface area contributed by atoms with Crippen LogP contribution in [0.25, 0.3) is 0 Å². The summed E-state index contributed by atoms with van der Waals surface area (Å²) in [6.07, 6.45) is 0.591. The molecule has 0 fully saturated rings. The maximum Gasteiger partial charge on any atom is 0.322 e. The van der Waals surface area contributed by atoms with E-state index in [1.54, 1.807) is 0 Å². The van der Waals surface area contributed by atoms with Crippen LogP contribution in [0.2, 0.25) is 0 Å². The first kappa shape index (κ1) is 13.9. The van der Waals surface area contributed by atoms with Gasteiger partial charge in [-0.05, 0) is 6.42 Å². The number of rotatable bonds is 6. The molecule has 5 heteroatoms. The first-order valence-electron chi connectivity index (χ1n) is 4.92. The number of esters is 2. The molecule has 0 heterocycles. The van der Waals surface area contributed by atoms with Crippen molar-refractivity contribution in [3.63, 3.8) is 0 Å². The van der Waals surface area contributed by atoms with Gasteiger partial charge in [0, 0.05) is 12.5 Å². The highest BCUT2D eigenvalue weighted by Crippen LogP contribution is 2.02. The number of nitrogens with one attached hydrogen (secondary N) is 1. The van der Waals surface area contributed by atoms with Crippen molar-refractivity contribution in [2.24, 2.45) is 0 Å². The molecule has 0 aliphatic heterocycles. The van der Waals surface area contributed by atoms with Crippen LogP contribution >= 0.6 is 0 Å². The highest BCUT2D eigenvalue weighted by molar-refractivity contribution is 5.77. The van der Waals surface area contributed by atoms with Gasteiger partial charge in [-0.3, -0.25) is 9.59 Å². The fourth-order valence-electron chi connectivity index (χ4n) is 1.18. The standard InChI is InChI=1S/C10H19NO4/c1-7(2)11-8(10(13)15-4)5-6-9(12)14-3/h7-8,11H,5-6H2,1-4H3. The van der Waals surface area contributed by atoms with Crippen molar-refractivity contribution in [2.75, 3.05) is 14.2 Å². The van der Waals surface area contributed by atoms with Crippen LogP contribution in [0.15, 0.2) is 0 Å². The van der Waals surface area contributed by atoms with Gasteiger partial charge in [-0.15, -0.1) is 0 Å². The Balaban J connectivity index is 4.12. The molecule has 0 bridgehead atoms. The van der Waals surface area contributed by atoms with Crippen molar-refractivity contribution in [3.05, 3.63) is 0 Å². The summed E-state index contributed by atoms with van der Waals surface area (Å²) < 4.78 is 9.13. The summed E-state index contributed by atoms with van der Waals surface area (Å²) in [5.41, 5.74) is 0. The SMILES string of the molecule is COC(=O)CCC(NC(C)C)C(=O)OC. The van der Waals surface area contributed by atoms with Crippen LogP contribution in [0.4, 0.5) is 0 Å². The molecule has 5 nitrogen and oxygen atoms in total. The van der Waals surface area contributed by atoms with Gasteiger partial charge in [0.2, 0.25) is 0 Å². The molecule has 0 aliphatic carbocycles.